The number of carbonyl (C=O) groups is 1. The van der Waals surface area contributed by atoms with E-state index in [1.54, 1.807) is 0 Å². The van der Waals surface area contributed by atoms with Gasteiger partial charge in [-0.15, -0.1) is 0 Å². The summed E-state index contributed by atoms with van der Waals surface area (Å²) >= 11 is 3.26. The minimum Gasteiger partial charge on any atom is -0.469 e. The molecule has 1 heterocycles. The maximum Gasteiger partial charge on any atom is 0.310 e. The maximum absolute atomic E-state index is 11.5. The van der Waals surface area contributed by atoms with Crippen LogP contribution in [0.25, 0.3) is 0 Å². The zero-order chi connectivity index (χ0) is 12.3. The zero-order valence-corrected chi connectivity index (χ0v) is 11.3. The molecule has 1 saturated carbocycles. The van der Waals surface area contributed by atoms with E-state index in [0.717, 1.165) is 29.7 Å². The number of methoxy groups -OCH3 is 1. The fourth-order valence-electron chi connectivity index (χ4n) is 2.32. The molecule has 5 heteroatoms. The Balaban J connectivity index is 1.88. The van der Waals surface area contributed by atoms with Crippen molar-refractivity contribution in [3.05, 3.63) is 22.6 Å². The predicted octanol–water partition coefficient (Wildman–Crippen LogP) is 2.47. The predicted molar refractivity (Wildman–Crippen MR) is 66.4 cm³/mol. The Bertz CT molecular complexity index is 391. The zero-order valence-electron chi connectivity index (χ0n) is 9.74. The van der Waals surface area contributed by atoms with Gasteiger partial charge in [-0.2, -0.15) is 0 Å². The number of halogens is 1. The molecule has 0 saturated heterocycles. The second kappa shape index (κ2) is 5.69. The normalized spacial score (nSPS) is 23.9. The molecular weight excluding hydrogens is 286 g/mol. The Labute approximate surface area is 109 Å². The standard InChI is InChI=1S/C12H16BrNO3/c1-16-12(15)9-3-2-4-10(9)14-7-8-5-6-11(13)17-8/h5-6,9-10,14H,2-4,7H2,1H3/t9-,10-/m1/s1. The Kier molecular flexibility index (Phi) is 4.23. The maximum atomic E-state index is 11.5. The monoisotopic (exact) mass is 301 g/mol. The van der Waals surface area contributed by atoms with Crippen LogP contribution in [0.3, 0.4) is 0 Å². The number of hydrogen-bond acceptors (Lipinski definition) is 4. The number of esters is 1. The number of nitrogens with one attached hydrogen (secondary N) is 1. The largest absolute Gasteiger partial charge is 0.469 e. The number of furan rings is 1. The molecule has 0 aromatic carbocycles. The van der Waals surface area contributed by atoms with E-state index in [4.69, 9.17) is 9.15 Å². The van der Waals surface area contributed by atoms with Gasteiger partial charge >= 0.3 is 5.97 Å². The van der Waals surface area contributed by atoms with Gasteiger partial charge in [-0.1, -0.05) is 6.42 Å². The van der Waals surface area contributed by atoms with Gasteiger partial charge in [-0.05, 0) is 40.9 Å². The molecule has 2 rings (SSSR count). The van der Waals surface area contributed by atoms with Crippen LogP contribution in [-0.4, -0.2) is 19.1 Å². The van der Waals surface area contributed by atoms with Gasteiger partial charge in [0.25, 0.3) is 0 Å². The molecular formula is C12H16BrNO3. The molecule has 94 valence electrons. The van der Waals surface area contributed by atoms with Crippen LogP contribution in [-0.2, 0) is 16.1 Å². The van der Waals surface area contributed by atoms with E-state index in [-0.39, 0.29) is 17.9 Å². The lowest BCUT2D eigenvalue weighted by molar-refractivity contribution is -0.145. The number of carbonyl (C=O) groups excluding carboxylic acids is 1. The Morgan fingerprint density at radius 2 is 2.41 bits per heavy atom. The summed E-state index contributed by atoms with van der Waals surface area (Å²) in [4.78, 5) is 11.5. The molecule has 1 aliphatic rings. The van der Waals surface area contributed by atoms with Crippen molar-refractivity contribution in [2.45, 2.75) is 31.8 Å². The van der Waals surface area contributed by atoms with Crippen molar-refractivity contribution in [1.29, 1.82) is 0 Å². The minimum atomic E-state index is -0.111. The third kappa shape index (κ3) is 3.10. The smallest absolute Gasteiger partial charge is 0.310 e. The quantitative estimate of drug-likeness (QED) is 0.868. The van der Waals surface area contributed by atoms with Crippen molar-refractivity contribution >= 4 is 21.9 Å². The Morgan fingerprint density at radius 3 is 3.06 bits per heavy atom. The lowest BCUT2D eigenvalue weighted by Gasteiger charge is -2.18. The van der Waals surface area contributed by atoms with Crippen LogP contribution in [0.2, 0.25) is 0 Å². The number of hydrogen-bond donors (Lipinski definition) is 1. The van der Waals surface area contributed by atoms with E-state index in [9.17, 15) is 4.79 Å². The Morgan fingerprint density at radius 1 is 1.59 bits per heavy atom. The van der Waals surface area contributed by atoms with Crippen molar-refractivity contribution in [3.8, 4) is 0 Å². The number of rotatable bonds is 4. The molecule has 1 fully saturated rings. The van der Waals surface area contributed by atoms with E-state index < -0.39 is 0 Å². The van der Waals surface area contributed by atoms with Crippen molar-refractivity contribution < 1.29 is 13.9 Å². The summed E-state index contributed by atoms with van der Waals surface area (Å²) in [5, 5.41) is 3.36. The van der Waals surface area contributed by atoms with Gasteiger partial charge in [0.2, 0.25) is 0 Å². The molecule has 1 aromatic rings. The van der Waals surface area contributed by atoms with E-state index in [1.807, 2.05) is 12.1 Å². The van der Waals surface area contributed by atoms with E-state index >= 15 is 0 Å². The molecule has 1 aliphatic carbocycles. The fourth-order valence-corrected chi connectivity index (χ4v) is 2.66. The average Bonchev–Trinajstić information content (AvgIpc) is 2.94. The van der Waals surface area contributed by atoms with Gasteiger partial charge in [-0.25, -0.2) is 0 Å². The van der Waals surface area contributed by atoms with Gasteiger partial charge in [0.15, 0.2) is 4.67 Å². The molecule has 0 spiro atoms. The second-order valence-electron chi connectivity index (χ2n) is 4.25. The summed E-state index contributed by atoms with van der Waals surface area (Å²) in [6, 6.07) is 3.98. The van der Waals surface area contributed by atoms with Crippen LogP contribution in [0.15, 0.2) is 21.2 Å². The summed E-state index contributed by atoms with van der Waals surface area (Å²) in [6.07, 6.45) is 2.99. The number of ether oxygens (including phenoxy) is 1. The van der Waals surface area contributed by atoms with Crippen molar-refractivity contribution in [1.82, 2.24) is 5.32 Å². The van der Waals surface area contributed by atoms with Crippen LogP contribution >= 0.6 is 15.9 Å². The van der Waals surface area contributed by atoms with Crippen molar-refractivity contribution in [3.63, 3.8) is 0 Å². The Hall–Kier alpha value is -0.810. The summed E-state index contributed by atoms with van der Waals surface area (Å²) in [7, 11) is 1.45. The summed E-state index contributed by atoms with van der Waals surface area (Å²) < 4.78 is 10.9. The molecule has 1 aromatic heterocycles. The second-order valence-corrected chi connectivity index (χ2v) is 5.04. The highest BCUT2D eigenvalue weighted by molar-refractivity contribution is 9.10. The van der Waals surface area contributed by atoms with Crippen molar-refractivity contribution in [2.75, 3.05) is 7.11 Å². The minimum absolute atomic E-state index is 0.0154. The fraction of sp³-hybridized carbons (Fsp3) is 0.583. The van der Waals surface area contributed by atoms with Crippen LogP contribution in [0, 0.1) is 5.92 Å². The molecule has 1 N–H and O–H groups in total. The SMILES string of the molecule is COC(=O)[C@@H]1CCC[C@H]1NCc1ccc(Br)o1. The molecule has 0 unspecified atom stereocenters. The summed E-state index contributed by atoms with van der Waals surface area (Å²) in [5.74, 6) is 0.742. The van der Waals surface area contributed by atoms with Gasteiger partial charge in [0.1, 0.15) is 5.76 Å². The van der Waals surface area contributed by atoms with Gasteiger partial charge in [0.05, 0.1) is 19.6 Å². The molecule has 0 amide bonds. The molecule has 17 heavy (non-hydrogen) atoms. The highest BCUT2D eigenvalue weighted by atomic mass is 79.9. The average molecular weight is 302 g/mol. The van der Waals surface area contributed by atoms with Crippen LogP contribution < -0.4 is 5.32 Å². The van der Waals surface area contributed by atoms with Crippen LogP contribution in [0.1, 0.15) is 25.0 Å². The molecule has 0 radical (unpaired) electrons. The van der Waals surface area contributed by atoms with E-state index in [0.29, 0.717) is 6.54 Å². The summed E-state index contributed by atoms with van der Waals surface area (Å²) in [5.41, 5.74) is 0. The van der Waals surface area contributed by atoms with Gasteiger partial charge in [0, 0.05) is 6.04 Å². The first-order valence-corrected chi connectivity index (χ1v) is 6.55. The summed E-state index contributed by atoms with van der Waals surface area (Å²) in [6.45, 7) is 0.643. The van der Waals surface area contributed by atoms with Crippen molar-refractivity contribution in [2.24, 2.45) is 5.92 Å². The topological polar surface area (TPSA) is 51.5 Å². The highest BCUT2D eigenvalue weighted by Gasteiger charge is 2.33. The first kappa shape index (κ1) is 12.6. The third-order valence-corrected chi connectivity index (χ3v) is 3.61. The first-order valence-electron chi connectivity index (χ1n) is 5.76. The van der Waals surface area contributed by atoms with Gasteiger partial charge in [-0.3, -0.25) is 4.79 Å². The lowest BCUT2D eigenvalue weighted by atomic mass is 10.0. The van der Waals surface area contributed by atoms with Crippen LogP contribution in [0.4, 0.5) is 0 Å². The van der Waals surface area contributed by atoms with Crippen LogP contribution in [0.5, 0.6) is 0 Å². The lowest BCUT2D eigenvalue weighted by Crippen LogP contribution is -2.36. The van der Waals surface area contributed by atoms with E-state index in [2.05, 4.69) is 21.2 Å². The van der Waals surface area contributed by atoms with Gasteiger partial charge < -0.3 is 14.5 Å². The molecule has 2 atom stereocenters. The highest BCUT2D eigenvalue weighted by Crippen LogP contribution is 2.27. The first-order chi connectivity index (χ1) is 8.20. The molecule has 0 aliphatic heterocycles. The van der Waals surface area contributed by atoms with E-state index in [1.165, 1.54) is 7.11 Å². The molecule has 4 nitrogen and oxygen atoms in total. The molecule has 0 bridgehead atoms. The third-order valence-electron chi connectivity index (χ3n) is 3.19.